The Hall–Kier alpha value is -6.70. The number of aliphatic imine (C=N–C) groups is 1. The van der Waals surface area contributed by atoms with Crippen molar-refractivity contribution < 1.29 is 33.4 Å². The highest BCUT2D eigenvalue weighted by Gasteiger charge is 2.50. The summed E-state index contributed by atoms with van der Waals surface area (Å²) in [7, 11) is 2.61. The quantitative estimate of drug-likeness (QED) is 0.133. The zero-order valence-electron chi connectivity index (χ0n) is 36.6. The summed E-state index contributed by atoms with van der Waals surface area (Å²) in [6.07, 6.45) is 6.78. The molecular weight excluding hydrogens is 811 g/mol. The maximum absolute atomic E-state index is 14.3. The van der Waals surface area contributed by atoms with E-state index in [4.69, 9.17) is 24.2 Å². The number of imidazole rings is 1. The van der Waals surface area contributed by atoms with Crippen LogP contribution in [0.2, 0.25) is 0 Å². The smallest absolute Gasteiger partial charge is 0.407 e. The van der Waals surface area contributed by atoms with Crippen molar-refractivity contribution in [1.82, 2.24) is 30.4 Å². The van der Waals surface area contributed by atoms with Crippen LogP contribution >= 0.6 is 0 Å². The number of ether oxygens (including phenoxy) is 3. The molecule has 1 aromatic heterocycles. The van der Waals surface area contributed by atoms with Crippen LogP contribution in [0.4, 0.5) is 15.3 Å². The van der Waals surface area contributed by atoms with Gasteiger partial charge in [-0.15, -0.1) is 0 Å². The van der Waals surface area contributed by atoms with Crippen molar-refractivity contribution in [2.75, 3.05) is 20.8 Å². The van der Waals surface area contributed by atoms with Crippen molar-refractivity contribution in [1.29, 1.82) is 0 Å². The van der Waals surface area contributed by atoms with Crippen molar-refractivity contribution in [2.24, 2.45) is 16.8 Å². The van der Waals surface area contributed by atoms with Gasteiger partial charge in [-0.05, 0) is 107 Å². The van der Waals surface area contributed by atoms with E-state index in [0.29, 0.717) is 36.9 Å². The Morgan fingerprint density at radius 1 is 0.859 bits per heavy atom. The minimum absolute atomic E-state index is 0.0552. The van der Waals surface area contributed by atoms with E-state index in [1.165, 1.54) is 19.8 Å². The van der Waals surface area contributed by atoms with E-state index < -0.39 is 24.3 Å². The molecule has 14 heteroatoms. The number of rotatable bonds is 9. The molecule has 64 heavy (non-hydrogen) atoms. The summed E-state index contributed by atoms with van der Waals surface area (Å²) >= 11 is 0. The standard InChI is InChI=1S/C50H53N7O7/c1-27(2)44(54-49(60)62-3)48(59)57-40-13-8-12-31(40)22-42(57)38-24-36-34-21-32-26-64-43-23-30(15-17-33(43)35(32)20-29(34)16-18-37(36)52-38)39-25-51-46(53-39)41-14-9-19-56(41)47(58)45(55-50(61)63-4)28-10-6-5-7-11-28/h5-7,10-11,15-18,20-21,23,25,27,31,40-42,44-45H,8-9,12-14,19,22,24,26H2,1-4H3,(H,51,53)(H,54,60)(H,55,61)/t31-,40-,41?,42-,44-,45+/m0/s1. The van der Waals surface area contributed by atoms with Gasteiger partial charge in [0.1, 0.15) is 30.3 Å². The molecule has 6 atom stereocenters. The highest BCUT2D eigenvalue weighted by atomic mass is 16.5. The minimum atomic E-state index is -0.894. The molecule has 1 aliphatic carbocycles. The molecule has 0 spiro atoms. The van der Waals surface area contributed by atoms with E-state index >= 15 is 0 Å². The fourth-order valence-electron chi connectivity index (χ4n) is 10.9. The van der Waals surface area contributed by atoms with Crippen LogP contribution in [-0.2, 0) is 32.1 Å². The van der Waals surface area contributed by atoms with Gasteiger partial charge in [0.25, 0.3) is 5.91 Å². The predicted octanol–water partition coefficient (Wildman–Crippen LogP) is 8.33. The molecule has 5 aromatic rings. The van der Waals surface area contributed by atoms with Crippen molar-refractivity contribution in [3.63, 3.8) is 0 Å². The SMILES string of the molecule is COC(=O)N[C@H](C(=O)N1[C@H](C2=Nc3ccc4cc5c(cc4c3C2)COc2cc(-c3cnc(C4CCCN4C(=O)[C@H](NC(=O)OC)c4ccccc4)[nH]3)ccc2-5)C[C@@H]2CCC[C@@H]21)C(C)C. The average molecular weight is 864 g/mol. The lowest BCUT2D eigenvalue weighted by Gasteiger charge is -2.34. The first kappa shape index (κ1) is 41.3. The number of carbonyl (C=O) groups is 4. The van der Waals surface area contributed by atoms with Crippen LogP contribution in [0.1, 0.15) is 87.0 Å². The van der Waals surface area contributed by atoms with Gasteiger partial charge >= 0.3 is 12.2 Å². The lowest BCUT2D eigenvalue weighted by atomic mass is 9.90. The Bertz CT molecular complexity index is 2700. The normalized spacial score (nSPS) is 21.6. The zero-order chi connectivity index (χ0) is 44.2. The number of aromatic amines is 1. The number of likely N-dealkylation sites (tertiary alicyclic amines) is 2. The molecule has 10 rings (SSSR count). The van der Waals surface area contributed by atoms with Gasteiger partial charge in [0.15, 0.2) is 0 Å². The minimum Gasteiger partial charge on any atom is -0.488 e. The molecule has 2 saturated heterocycles. The maximum Gasteiger partial charge on any atom is 0.407 e. The summed E-state index contributed by atoms with van der Waals surface area (Å²) in [5.41, 5.74) is 8.76. The molecule has 5 heterocycles. The summed E-state index contributed by atoms with van der Waals surface area (Å²) in [6.45, 7) is 4.86. The number of aromatic nitrogens is 2. The fourth-order valence-corrected chi connectivity index (χ4v) is 10.9. The number of hydrogen-bond acceptors (Lipinski definition) is 9. The van der Waals surface area contributed by atoms with Crippen molar-refractivity contribution in [2.45, 2.75) is 95.6 Å². The van der Waals surface area contributed by atoms with Crippen LogP contribution in [-0.4, -0.2) is 88.4 Å². The first-order chi connectivity index (χ1) is 31.1. The Kier molecular flexibility index (Phi) is 10.8. The van der Waals surface area contributed by atoms with E-state index in [2.05, 4.69) is 56.9 Å². The zero-order valence-corrected chi connectivity index (χ0v) is 36.6. The van der Waals surface area contributed by atoms with Gasteiger partial charge < -0.3 is 39.6 Å². The number of fused-ring (bicyclic) bond motifs is 7. The monoisotopic (exact) mass is 863 g/mol. The number of H-pyrrole nitrogens is 1. The second-order valence-corrected chi connectivity index (χ2v) is 18.0. The van der Waals surface area contributed by atoms with Gasteiger partial charge in [0.05, 0.1) is 43.9 Å². The lowest BCUT2D eigenvalue weighted by Crippen LogP contribution is -2.56. The van der Waals surface area contributed by atoms with E-state index in [1.54, 1.807) is 11.1 Å². The third-order valence-corrected chi connectivity index (χ3v) is 14.1. The molecule has 1 saturated carbocycles. The summed E-state index contributed by atoms with van der Waals surface area (Å²) in [5.74, 6) is 1.51. The number of nitrogens with zero attached hydrogens (tertiary/aromatic N) is 4. The second kappa shape index (κ2) is 16.8. The van der Waals surface area contributed by atoms with Crippen LogP contribution in [0.5, 0.6) is 5.75 Å². The Labute approximate surface area is 371 Å². The number of benzene rings is 4. The first-order valence-electron chi connectivity index (χ1n) is 22.4. The second-order valence-electron chi connectivity index (χ2n) is 18.0. The van der Waals surface area contributed by atoms with Gasteiger partial charge in [-0.1, -0.05) is 62.7 Å². The Morgan fingerprint density at radius 3 is 2.47 bits per heavy atom. The number of hydrogen-bond donors (Lipinski definition) is 3. The summed E-state index contributed by atoms with van der Waals surface area (Å²) in [6, 6.07) is 22.3. The van der Waals surface area contributed by atoms with E-state index in [-0.39, 0.29) is 35.9 Å². The van der Waals surface area contributed by atoms with Crippen molar-refractivity contribution in [3.8, 4) is 28.1 Å². The van der Waals surface area contributed by atoms with Gasteiger partial charge in [0.2, 0.25) is 5.91 Å². The van der Waals surface area contributed by atoms with Crippen LogP contribution in [0.15, 0.2) is 84.0 Å². The number of amides is 4. The molecule has 0 radical (unpaired) electrons. The van der Waals surface area contributed by atoms with Crippen molar-refractivity contribution in [3.05, 3.63) is 102 Å². The largest absolute Gasteiger partial charge is 0.488 e. The van der Waals surface area contributed by atoms with E-state index in [9.17, 15) is 19.2 Å². The molecule has 4 aliphatic heterocycles. The lowest BCUT2D eigenvalue weighted by molar-refractivity contribution is -0.136. The molecule has 3 N–H and O–H groups in total. The molecule has 3 fully saturated rings. The molecular formula is C50H53N7O7. The Balaban J connectivity index is 0.878. The number of nitrogens with one attached hydrogen (secondary N) is 3. The van der Waals surface area contributed by atoms with Crippen LogP contribution in [0.3, 0.4) is 0 Å². The van der Waals surface area contributed by atoms with Crippen LogP contribution in [0, 0.1) is 11.8 Å². The van der Waals surface area contributed by atoms with E-state index in [0.717, 1.165) is 94.4 Å². The van der Waals surface area contributed by atoms with Gasteiger partial charge in [0, 0.05) is 35.8 Å². The molecule has 4 aromatic carbocycles. The number of methoxy groups -OCH3 is 2. The van der Waals surface area contributed by atoms with Crippen molar-refractivity contribution >= 4 is 46.2 Å². The third kappa shape index (κ3) is 7.31. The third-order valence-electron chi connectivity index (χ3n) is 14.1. The predicted molar refractivity (Wildman–Crippen MR) is 241 cm³/mol. The number of alkyl carbamates (subject to hydrolysis) is 2. The molecule has 4 amide bonds. The highest BCUT2D eigenvalue weighted by molar-refractivity contribution is 6.06. The summed E-state index contributed by atoms with van der Waals surface area (Å²) in [5, 5.41) is 7.81. The summed E-state index contributed by atoms with van der Waals surface area (Å²) in [4.78, 5) is 70.3. The van der Waals surface area contributed by atoms with Gasteiger partial charge in [-0.25, -0.2) is 14.6 Å². The first-order valence-corrected chi connectivity index (χ1v) is 22.4. The molecule has 0 bridgehead atoms. The van der Waals surface area contributed by atoms with Gasteiger partial charge in [-0.3, -0.25) is 14.6 Å². The molecule has 14 nitrogen and oxygen atoms in total. The van der Waals surface area contributed by atoms with Gasteiger partial charge in [-0.2, -0.15) is 0 Å². The fraction of sp³-hybridized carbons (Fsp3) is 0.400. The van der Waals surface area contributed by atoms with E-state index in [1.807, 2.05) is 50.2 Å². The number of carbonyl (C=O) groups excluding carboxylic acids is 4. The topological polar surface area (TPSA) is 168 Å². The summed E-state index contributed by atoms with van der Waals surface area (Å²) < 4.78 is 16.2. The maximum atomic E-state index is 14.3. The average Bonchev–Trinajstić information content (AvgIpc) is 4.17. The highest BCUT2D eigenvalue weighted by Crippen LogP contribution is 2.47. The molecule has 5 aliphatic rings. The Morgan fingerprint density at radius 2 is 1.67 bits per heavy atom. The molecule has 330 valence electrons. The molecule has 1 unspecified atom stereocenters. The van der Waals surface area contributed by atoms with Crippen LogP contribution in [0.25, 0.3) is 33.2 Å². The van der Waals surface area contributed by atoms with Crippen LogP contribution < -0.4 is 15.4 Å².